The monoisotopic (exact) mass is 287 g/mol. The van der Waals surface area contributed by atoms with Crippen molar-refractivity contribution in [2.24, 2.45) is 11.8 Å². The van der Waals surface area contributed by atoms with E-state index in [2.05, 4.69) is 5.32 Å². The van der Waals surface area contributed by atoms with E-state index in [1.54, 1.807) is 0 Å². The lowest BCUT2D eigenvalue weighted by atomic mass is 9.80. The first-order chi connectivity index (χ1) is 9.19. The van der Waals surface area contributed by atoms with Crippen molar-refractivity contribution in [2.45, 2.75) is 32.2 Å². The number of hydrogen-bond donors (Lipinski definition) is 1. The zero-order valence-electron chi connectivity index (χ0n) is 11.0. The van der Waals surface area contributed by atoms with Gasteiger partial charge in [0.2, 0.25) is 0 Å². The van der Waals surface area contributed by atoms with Crippen LogP contribution in [0.25, 0.3) is 0 Å². The van der Waals surface area contributed by atoms with Crippen molar-refractivity contribution in [1.82, 2.24) is 5.32 Å². The van der Waals surface area contributed by atoms with Gasteiger partial charge >= 0.3 is 0 Å². The highest BCUT2D eigenvalue weighted by Gasteiger charge is 2.23. The van der Waals surface area contributed by atoms with E-state index in [1.165, 1.54) is 37.8 Å². The van der Waals surface area contributed by atoms with Crippen LogP contribution in [0.3, 0.4) is 0 Å². The molecule has 0 bridgehead atoms. The van der Waals surface area contributed by atoms with Crippen LogP contribution in [-0.4, -0.2) is 12.4 Å². The third-order valence-electron chi connectivity index (χ3n) is 3.92. The topological polar surface area (TPSA) is 12.0 Å². The van der Waals surface area contributed by atoms with Crippen molar-refractivity contribution >= 4 is 11.6 Å². The number of halogens is 3. The van der Waals surface area contributed by atoms with E-state index >= 15 is 0 Å². The Labute approximate surface area is 118 Å². The third kappa shape index (κ3) is 4.43. The second-order valence-electron chi connectivity index (χ2n) is 5.37. The highest BCUT2D eigenvalue weighted by Crippen LogP contribution is 2.30. The standard InChI is InChI=1S/C15H20ClF2N/c16-8-12-3-1-2-4-13(12)10-19-9-11-5-14(17)7-15(18)6-11/h5-7,12-13,19H,1-4,8-10H2. The minimum atomic E-state index is -0.520. The van der Waals surface area contributed by atoms with Crippen molar-refractivity contribution in [3.63, 3.8) is 0 Å². The lowest BCUT2D eigenvalue weighted by Gasteiger charge is -2.30. The molecule has 106 valence electrons. The summed E-state index contributed by atoms with van der Waals surface area (Å²) >= 11 is 5.99. The van der Waals surface area contributed by atoms with Gasteiger partial charge < -0.3 is 5.32 Å². The first-order valence-corrected chi connectivity index (χ1v) is 7.44. The molecular weight excluding hydrogens is 268 g/mol. The van der Waals surface area contributed by atoms with Gasteiger partial charge in [0.05, 0.1) is 0 Å². The molecule has 1 saturated carbocycles. The molecule has 0 heterocycles. The molecule has 2 atom stereocenters. The molecule has 0 amide bonds. The summed E-state index contributed by atoms with van der Waals surface area (Å²) in [5.41, 5.74) is 0.649. The average molecular weight is 288 g/mol. The highest BCUT2D eigenvalue weighted by atomic mass is 35.5. The zero-order valence-corrected chi connectivity index (χ0v) is 11.7. The highest BCUT2D eigenvalue weighted by molar-refractivity contribution is 6.18. The lowest BCUT2D eigenvalue weighted by Crippen LogP contribution is -2.31. The Kier molecular flexibility index (Phi) is 5.59. The van der Waals surface area contributed by atoms with Crippen LogP contribution >= 0.6 is 11.6 Å². The Morgan fingerprint density at radius 2 is 1.68 bits per heavy atom. The number of nitrogens with one attached hydrogen (secondary N) is 1. The van der Waals surface area contributed by atoms with Gasteiger partial charge in [0.25, 0.3) is 0 Å². The molecule has 1 fully saturated rings. The van der Waals surface area contributed by atoms with Crippen LogP contribution in [0, 0.1) is 23.5 Å². The first kappa shape index (κ1) is 14.7. The molecule has 0 aromatic heterocycles. The summed E-state index contributed by atoms with van der Waals surface area (Å²) < 4.78 is 26.1. The molecule has 1 aliphatic carbocycles. The van der Waals surface area contributed by atoms with Crippen molar-refractivity contribution in [1.29, 1.82) is 0 Å². The molecule has 1 N–H and O–H groups in total. The van der Waals surface area contributed by atoms with E-state index in [0.29, 0.717) is 29.8 Å². The second-order valence-corrected chi connectivity index (χ2v) is 5.68. The molecule has 0 saturated heterocycles. The van der Waals surface area contributed by atoms with E-state index in [0.717, 1.165) is 12.6 Å². The fourth-order valence-corrected chi connectivity index (χ4v) is 3.28. The summed E-state index contributed by atoms with van der Waals surface area (Å²) in [6, 6.07) is 3.64. The van der Waals surface area contributed by atoms with Crippen LogP contribution in [0.1, 0.15) is 31.2 Å². The third-order valence-corrected chi connectivity index (χ3v) is 4.32. The summed E-state index contributed by atoms with van der Waals surface area (Å²) in [5, 5.41) is 3.30. The normalized spacial score (nSPS) is 23.5. The Morgan fingerprint density at radius 1 is 1.05 bits per heavy atom. The van der Waals surface area contributed by atoms with Crippen molar-refractivity contribution in [2.75, 3.05) is 12.4 Å². The second kappa shape index (κ2) is 7.20. The maximum absolute atomic E-state index is 13.0. The molecule has 1 nitrogen and oxygen atoms in total. The SMILES string of the molecule is Fc1cc(F)cc(CNCC2CCCCC2CCl)c1. The maximum atomic E-state index is 13.0. The van der Waals surface area contributed by atoms with Gasteiger partial charge in [0.1, 0.15) is 11.6 Å². The summed E-state index contributed by atoms with van der Waals surface area (Å²) in [7, 11) is 0. The van der Waals surface area contributed by atoms with Crippen LogP contribution in [0.5, 0.6) is 0 Å². The molecule has 0 spiro atoms. The van der Waals surface area contributed by atoms with Gasteiger partial charge in [-0.05, 0) is 48.9 Å². The predicted octanol–water partition coefficient (Wildman–Crippen LogP) is 4.10. The van der Waals surface area contributed by atoms with E-state index in [1.807, 2.05) is 0 Å². The van der Waals surface area contributed by atoms with Gasteiger partial charge in [-0.15, -0.1) is 11.6 Å². The maximum Gasteiger partial charge on any atom is 0.126 e. The number of rotatable bonds is 5. The van der Waals surface area contributed by atoms with Gasteiger partial charge in [-0.2, -0.15) is 0 Å². The zero-order chi connectivity index (χ0) is 13.7. The van der Waals surface area contributed by atoms with Gasteiger partial charge in [0.15, 0.2) is 0 Å². The quantitative estimate of drug-likeness (QED) is 0.804. The van der Waals surface area contributed by atoms with Crippen LogP contribution in [0.15, 0.2) is 18.2 Å². The van der Waals surface area contributed by atoms with Gasteiger partial charge in [-0.1, -0.05) is 12.8 Å². The smallest absolute Gasteiger partial charge is 0.126 e. The van der Waals surface area contributed by atoms with Crippen LogP contribution in [-0.2, 0) is 6.54 Å². The van der Waals surface area contributed by atoms with Crippen LogP contribution in [0.2, 0.25) is 0 Å². The average Bonchev–Trinajstić information content (AvgIpc) is 2.38. The molecule has 0 radical (unpaired) electrons. The molecule has 4 heteroatoms. The van der Waals surface area contributed by atoms with Crippen molar-refractivity contribution in [3.05, 3.63) is 35.4 Å². The molecular formula is C15H20ClF2N. The number of alkyl halides is 1. The van der Waals surface area contributed by atoms with Crippen molar-refractivity contribution < 1.29 is 8.78 Å². The molecule has 2 unspecified atom stereocenters. The van der Waals surface area contributed by atoms with Crippen LogP contribution < -0.4 is 5.32 Å². The molecule has 1 aliphatic rings. The Hall–Kier alpha value is -0.670. The van der Waals surface area contributed by atoms with Crippen molar-refractivity contribution in [3.8, 4) is 0 Å². The molecule has 2 rings (SSSR count). The Bertz CT molecular complexity index is 391. The molecule has 0 aliphatic heterocycles. The number of hydrogen-bond acceptors (Lipinski definition) is 1. The Balaban J connectivity index is 1.82. The van der Waals surface area contributed by atoms with Crippen LogP contribution in [0.4, 0.5) is 8.78 Å². The van der Waals surface area contributed by atoms with Gasteiger partial charge in [-0.25, -0.2) is 8.78 Å². The molecule has 1 aromatic rings. The summed E-state index contributed by atoms with van der Waals surface area (Å²) in [4.78, 5) is 0. The number of benzene rings is 1. The van der Waals surface area contributed by atoms with E-state index in [-0.39, 0.29) is 0 Å². The molecule has 19 heavy (non-hydrogen) atoms. The minimum Gasteiger partial charge on any atom is -0.312 e. The summed E-state index contributed by atoms with van der Waals surface area (Å²) in [5.74, 6) is 0.832. The lowest BCUT2D eigenvalue weighted by molar-refractivity contribution is 0.250. The van der Waals surface area contributed by atoms with Gasteiger partial charge in [-0.3, -0.25) is 0 Å². The van der Waals surface area contributed by atoms with Gasteiger partial charge in [0, 0.05) is 18.5 Å². The fourth-order valence-electron chi connectivity index (χ4n) is 2.87. The predicted molar refractivity (Wildman–Crippen MR) is 74.2 cm³/mol. The summed E-state index contributed by atoms with van der Waals surface area (Å²) in [6.07, 6.45) is 4.92. The minimum absolute atomic E-state index is 0.500. The van der Waals surface area contributed by atoms with E-state index in [9.17, 15) is 8.78 Å². The molecule has 1 aromatic carbocycles. The first-order valence-electron chi connectivity index (χ1n) is 6.90. The Morgan fingerprint density at radius 3 is 2.32 bits per heavy atom. The largest absolute Gasteiger partial charge is 0.312 e. The fraction of sp³-hybridized carbons (Fsp3) is 0.600. The van der Waals surface area contributed by atoms with E-state index < -0.39 is 11.6 Å². The van der Waals surface area contributed by atoms with E-state index in [4.69, 9.17) is 11.6 Å². The summed E-state index contributed by atoms with van der Waals surface area (Å²) in [6.45, 7) is 1.37.